The predicted molar refractivity (Wildman–Crippen MR) is 132 cm³/mol. The van der Waals surface area contributed by atoms with E-state index in [1.165, 1.54) is 11.8 Å². The molecular formula is C23H36N5O4S+. The molecule has 0 amide bonds. The van der Waals surface area contributed by atoms with Crippen LogP contribution in [0.15, 0.2) is 39.0 Å². The molecule has 1 aliphatic rings. The molecule has 0 spiro atoms. The van der Waals surface area contributed by atoms with Gasteiger partial charge in [-0.3, -0.25) is 0 Å². The summed E-state index contributed by atoms with van der Waals surface area (Å²) in [6, 6.07) is 5.57. The van der Waals surface area contributed by atoms with Crippen LogP contribution < -0.4 is 9.64 Å². The van der Waals surface area contributed by atoms with Crippen LogP contribution in [0.1, 0.15) is 27.7 Å². The van der Waals surface area contributed by atoms with E-state index in [1.807, 2.05) is 52.1 Å². The van der Waals surface area contributed by atoms with Gasteiger partial charge in [0, 0.05) is 37.6 Å². The van der Waals surface area contributed by atoms with E-state index >= 15 is 0 Å². The van der Waals surface area contributed by atoms with Crippen molar-refractivity contribution < 1.29 is 23.5 Å². The van der Waals surface area contributed by atoms with E-state index in [4.69, 9.17) is 9.47 Å². The smallest absolute Gasteiger partial charge is 0.367 e. The summed E-state index contributed by atoms with van der Waals surface area (Å²) in [6.07, 6.45) is 0. The quantitative estimate of drug-likeness (QED) is 0.218. The average molecular weight is 479 g/mol. The Hall–Kier alpha value is -2.59. The Bertz CT molecular complexity index is 922. The first-order valence-electron chi connectivity index (χ1n) is 11.1. The lowest BCUT2D eigenvalue weighted by Gasteiger charge is -2.24. The number of azo groups is 1. The molecule has 182 valence electrons. The minimum Gasteiger partial charge on any atom is -0.462 e. The molecule has 0 fully saturated rings. The van der Waals surface area contributed by atoms with E-state index in [0.717, 1.165) is 24.5 Å². The Kier molecular flexibility index (Phi) is 9.30. The van der Waals surface area contributed by atoms with Crippen molar-refractivity contribution in [3.63, 3.8) is 0 Å². The van der Waals surface area contributed by atoms with Gasteiger partial charge in [-0.05, 0) is 39.8 Å². The number of allylic oxidation sites excluding steroid dienone is 1. The number of thioether (sulfide) groups is 1. The maximum Gasteiger partial charge on any atom is 0.367 e. The number of hydrogen-bond donors (Lipinski definition) is 0. The molecule has 0 saturated carbocycles. The van der Waals surface area contributed by atoms with Crippen LogP contribution in [0.5, 0.6) is 5.75 Å². The molecule has 2 rings (SSSR count). The minimum absolute atomic E-state index is 0.222. The molecule has 1 aliphatic heterocycles. The standard InChI is InChI=1S/C23H36N5O4S/c1-9-27(10-2)17-12-13-18(19(14-17)32-20(29)15-28(6,7)8)24-25-23-26(5)16(4)21(33-23)22(30)31-11-3/h12-14,23H,9-11,15H2,1-8H3/q+1. The number of nitrogens with zero attached hydrogens (tertiary/aromatic N) is 5. The second-order valence-corrected chi connectivity index (χ2v) is 9.72. The predicted octanol–water partition coefficient (Wildman–Crippen LogP) is 3.98. The zero-order valence-electron chi connectivity index (χ0n) is 20.9. The fourth-order valence-corrected chi connectivity index (χ4v) is 4.29. The van der Waals surface area contributed by atoms with E-state index in [0.29, 0.717) is 27.4 Å². The van der Waals surface area contributed by atoms with Gasteiger partial charge in [0.1, 0.15) is 10.6 Å². The lowest BCUT2D eigenvalue weighted by molar-refractivity contribution is -0.862. The van der Waals surface area contributed by atoms with Gasteiger partial charge in [0.2, 0.25) is 0 Å². The van der Waals surface area contributed by atoms with Gasteiger partial charge in [-0.15, -0.1) is 5.11 Å². The third-order valence-electron chi connectivity index (χ3n) is 5.04. The summed E-state index contributed by atoms with van der Waals surface area (Å²) in [7, 11) is 7.64. The van der Waals surface area contributed by atoms with Crippen LogP contribution in [0.25, 0.3) is 0 Å². The van der Waals surface area contributed by atoms with Crippen molar-refractivity contribution in [2.24, 2.45) is 10.2 Å². The summed E-state index contributed by atoms with van der Waals surface area (Å²) >= 11 is 1.29. The van der Waals surface area contributed by atoms with Gasteiger partial charge in [0.05, 0.1) is 27.7 Å². The molecule has 1 aromatic carbocycles. The third kappa shape index (κ3) is 7.20. The van der Waals surface area contributed by atoms with Crippen LogP contribution in [0.4, 0.5) is 11.4 Å². The van der Waals surface area contributed by atoms with Crippen LogP contribution in [0.2, 0.25) is 0 Å². The Morgan fingerprint density at radius 2 is 1.85 bits per heavy atom. The molecule has 0 aliphatic carbocycles. The number of hydrogen-bond acceptors (Lipinski definition) is 9. The molecule has 0 saturated heterocycles. The second-order valence-electron chi connectivity index (χ2n) is 8.65. The number of rotatable bonds is 10. The zero-order chi connectivity index (χ0) is 24.8. The van der Waals surface area contributed by atoms with Gasteiger partial charge in [-0.2, -0.15) is 5.11 Å². The molecule has 10 heteroatoms. The van der Waals surface area contributed by atoms with E-state index in [2.05, 4.69) is 29.0 Å². The number of benzene rings is 1. The monoisotopic (exact) mass is 478 g/mol. The van der Waals surface area contributed by atoms with E-state index in [9.17, 15) is 9.59 Å². The number of quaternary nitrogens is 1. The first-order valence-corrected chi connectivity index (χ1v) is 12.0. The fourth-order valence-electron chi connectivity index (χ4n) is 3.20. The van der Waals surface area contributed by atoms with Gasteiger partial charge in [0.15, 0.2) is 17.8 Å². The minimum atomic E-state index is -0.415. The van der Waals surface area contributed by atoms with Crippen LogP contribution in [0, 0.1) is 0 Å². The highest BCUT2D eigenvalue weighted by molar-refractivity contribution is 8.04. The largest absolute Gasteiger partial charge is 0.462 e. The number of esters is 2. The topological polar surface area (TPSA) is 83.8 Å². The highest BCUT2D eigenvalue weighted by Crippen LogP contribution is 2.40. The Morgan fingerprint density at radius 3 is 2.42 bits per heavy atom. The summed E-state index contributed by atoms with van der Waals surface area (Å²) in [6.45, 7) is 9.96. The van der Waals surface area contributed by atoms with Crippen LogP contribution in [-0.2, 0) is 14.3 Å². The van der Waals surface area contributed by atoms with Crippen molar-refractivity contribution >= 4 is 35.1 Å². The molecule has 9 nitrogen and oxygen atoms in total. The highest BCUT2D eigenvalue weighted by Gasteiger charge is 2.32. The van der Waals surface area contributed by atoms with Crippen LogP contribution >= 0.6 is 11.8 Å². The molecule has 33 heavy (non-hydrogen) atoms. The van der Waals surface area contributed by atoms with Gasteiger partial charge in [0.25, 0.3) is 0 Å². The number of likely N-dealkylation sites (N-methyl/N-ethyl adjacent to an activating group) is 1. The Labute approximate surface area is 201 Å². The van der Waals surface area contributed by atoms with E-state index in [-0.39, 0.29) is 18.5 Å². The molecule has 0 N–H and O–H groups in total. The van der Waals surface area contributed by atoms with Crippen molar-refractivity contribution in [1.82, 2.24) is 4.90 Å². The number of ether oxygens (including phenoxy) is 2. The Balaban J connectivity index is 2.30. The van der Waals surface area contributed by atoms with Gasteiger partial charge in [-0.25, -0.2) is 9.59 Å². The maximum absolute atomic E-state index is 12.5. The van der Waals surface area contributed by atoms with Crippen molar-refractivity contribution in [2.75, 3.05) is 59.3 Å². The van der Waals surface area contributed by atoms with E-state index < -0.39 is 5.50 Å². The van der Waals surface area contributed by atoms with Crippen molar-refractivity contribution in [3.8, 4) is 5.75 Å². The summed E-state index contributed by atoms with van der Waals surface area (Å²) in [4.78, 5) is 29.3. The summed E-state index contributed by atoms with van der Waals surface area (Å²) in [5, 5.41) is 8.83. The fraction of sp³-hybridized carbons (Fsp3) is 0.565. The summed E-state index contributed by atoms with van der Waals surface area (Å²) in [5.74, 6) is -0.337. The Morgan fingerprint density at radius 1 is 1.18 bits per heavy atom. The molecule has 0 aromatic heterocycles. The number of anilines is 1. The average Bonchev–Trinajstić information content (AvgIpc) is 3.01. The lowest BCUT2D eigenvalue weighted by Crippen LogP contribution is -2.41. The van der Waals surface area contributed by atoms with Crippen LogP contribution in [-0.4, -0.2) is 81.3 Å². The second kappa shape index (κ2) is 11.5. The highest BCUT2D eigenvalue weighted by atomic mass is 32.2. The van der Waals surface area contributed by atoms with Gasteiger partial charge < -0.3 is 23.8 Å². The summed E-state index contributed by atoms with van der Waals surface area (Å²) in [5.41, 5.74) is 1.77. The van der Waals surface area contributed by atoms with Crippen molar-refractivity contribution in [1.29, 1.82) is 0 Å². The normalized spacial score (nSPS) is 16.5. The van der Waals surface area contributed by atoms with E-state index in [1.54, 1.807) is 13.0 Å². The first kappa shape index (κ1) is 26.7. The molecule has 0 bridgehead atoms. The lowest BCUT2D eigenvalue weighted by atomic mass is 10.2. The van der Waals surface area contributed by atoms with Crippen molar-refractivity contribution in [2.45, 2.75) is 33.2 Å². The SMILES string of the molecule is CCOC(=O)C1=C(C)N(C)C(N=Nc2ccc(N(CC)CC)cc2OC(=O)C[N+](C)(C)C)S1. The molecule has 0 radical (unpaired) electrons. The maximum atomic E-state index is 12.5. The first-order chi connectivity index (χ1) is 15.5. The summed E-state index contributed by atoms with van der Waals surface area (Å²) < 4.78 is 11.3. The van der Waals surface area contributed by atoms with Crippen LogP contribution in [0.3, 0.4) is 0 Å². The molecule has 1 atom stereocenters. The molecule has 1 heterocycles. The molecule has 1 aromatic rings. The van der Waals surface area contributed by atoms with Gasteiger partial charge >= 0.3 is 11.9 Å². The number of carbonyl (C=O) groups is 2. The van der Waals surface area contributed by atoms with Gasteiger partial charge in [-0.1, -0.05) is 11.8 Å². The number of carbonyl (C=O) groups excluding carboxylic acids is 2. The van der Waals surface area contributed by atoms with Crippen molar-refractivity contribution in [3.05, 3.63) is 28.8 Å². The molecular weight excluding hydrogens is 442 g/mol. The molecule has 1 unspecified atom stereocenters. The zero-order valence-corrected chi connectivity index (χ0v) is 21.7. The third-order valence-corrected chi connectivity index (χ3v) is 6.36.